The van der Waals surface area contributed by atoms with Crippen molar-refractivity contribution in [2.75, 3.05) is 6.61 Å². The molecule has 11 heteroatoms. The van der Waals surface area contributed by atoms with Crippen LogP contribution < -0.4 is 0 Å². The number of hydrogen-bond acceptors (Lipinski definition) is 9. The number of aliphatic carboxylic acids is 2. The van der Waals surface area contributed by atoms with E-state index in [0.29, 0.717) is 0 Å². The fourth-order valence-corrected chi connectivity index (χ4v) is 1.46. The Bertz CT molecular complexity index is 446. The number of carbonyl (C=O) groups is 4. The lowest BCUT2D eigenvalue weighted by Crippen LogP contribution is -2.50. The normalized spacial score (nSPS) is 16.0. The van der Waals surface area contributed by atoms with E-state index in [-0.39, 0.29) is 0 Å². The van der Waals surface area contributed by atoms with E-state index in [2.05, 4.69) is 4.74 Å². The zero-order chi connectivity index (χ0) is 18.2. The first-order valence-corrected chi connectivity index (χ1v) is 6.41. The minimum Gasteiger partial charge on any atom is -0.481 e. The van der Waals surface area contributed by atoms with Crippen molar-refractivity contribution in [1.82, 2.24) is 0 Å². The zero-order valence-electron chi connectivity index (χ0n) is 11.9. The molecule has 0 heterocycles. The number of esters is 1. The van der Waals surface area contributed by atoms with Crippen LogP contribution in [0, 0.1) is 0 Å². The minimum absolute atomic E-state index is 0.462. The highest BCUT2D eigenvalue weighted by Gasteiger charge is 2.38. The molecule has 0 aromatic rings. The van der Waals surface area contributed by atoms with Gasteiger partial charge in [-0.15, -0.1) is 0 Å². The van der Waals surface area contributed by atoms with Crippen LogP contribution in [0.5, 0.6) is 0 Å². The van der Waals surface area contributed by atoms with Gasteiger partial charge < -0.3 is 35.4 Å². The maximum Gasteiger partial charge on any atom is 0.347 e. The molecule has 0 amide bonds. The third-order valence-electron chi connectivity index (χ3n) is 2.70. The number of aliphatic hydroxyl groups excluding tert-OH is 4. The Kier molecular flexibility index (Phi) is 8.95. The van der Waals surface area contributed by atoms with Gasteiger partial charge in [0.1, 0.15) is 30.5 Å². The quantitative estimate of drug-likeness (QED) is 0.164. The van der Waals surface area contributed by atoms with Crippen LogP contribution in [0.1, 0.15) is 19.3 Å². The number of hydrogen-bond donors (Lipinski definition) is 6. The van der Waals surface area contributed by atoms with Gasteiger partial charge >= 0.3 is 17.9 Å². The number of Topliss-reactive ketones (excluding diaryl/α,β-unsaturated/α-hetero) is 1. The van der Waals surface area contributed by atoms with Crippen molar-refractivity contribution >= 4 is 23.7 Å². The van der Waals surface area contributed by atoms with Gasteiger partial charge in [0.05, 0.1) is 13.0 Å². The standard InChI is InChI=1S/C12H18O11/c13-4-6(15)9(19)10(20)11(12(21)22)23-8(18)3-5(14)1-2-7(16)17/h6,9-11,13,15,19-20H,1-4H2,(H,16,17)(H,21,22)/t6-,9-,10+,11-/m1/s1. The van der Waals surface area contributed by atoms with Gasteiger partial charge in [-0.05, 0) is 0 Å². The number of ether oxygens (including phenoxy) is 1. The summed E-state index contributed by atoms with van der Waals surface area (Å²) in [5.41, 5.74) is 0. The topological polar surface area (TPSA) is 199 Å². The maximum absolute atomic E-state index is 11.4. The molecule has 0 bridgehead atoms. The van der Waals surface area contributed by atoms with Crippen molar-refractivity contribution in [2.24, 2.45) is 0 Å². The van der Waals surface area contributed by atoms with E-state index in [9.17, 15) is 29.4 Å². The summed E-state index contributed by atoms with van der Waals surface area (Å²) in [5.74, 6) is -5.27. The van der Waals surface area contributed by atoms with Crippen molar-refractivity contribution in [2.45, 2.75) is 43.7 Å². The van der Waals surface area contributed by atoms with E-state index in [1.165, 1.54) is 0 Å². The Morgan fingerprint density at radius 3 is 1.91 bits per heavy atom. The Balaban J connectivity index is 4.69. The van der Waals surface area contributed by atoms with Crippen molar-refractivity contribution in [3.8, 4) is 0 Å². The molecule has 132 valence electrons. The molecule has 0 rings (SSSR count). The molecule has 0 spiro atoms. The highest BCUT2D eigenvalue weighted by Crippen LogP contribution is 2.10. The van der Waals surface area contributed by atoms with Gasteiger partial charge in [0.2, 0.25) is 6.10 Å². The summed E-state index contributed by atoms with van der Waals surface area (Å²) in [6.45, 7) is -0.980. The molecule has 0 fully saturated rings. The molecule has 23 heavy (non-hydrogen) atoms. The Morgan fingerprint density at radius 2 is 1.48 bits per heavy atom. The molecule has 0 radical (unpaired) electrons. The molecule has 0 saturated heterocycles. The van der Waals surface area contributed by atoms with Gasteiger partial charge in [-0.3, -0.25) is 14.4 Å². The lowest BCUT2D eigenvalue weighted by molar-refractivity contribution is -0.182. The number of rotatable bonds is 11. The Morgan fingerprint density at radius 1 is 0.913 bits per heavy atom. The van der Waals surface area contributed by atoms with Crippen LogP contribution in [0.2, 0.25) is 0 Å². The third-order valence-corrected chi connectivity index (χ3v) is 2.70. The predicted octanol–water partition coefficient (Wildman–Crippen LogP) is -3.12. The second-order valence-corrected chi connectivity index (χ2v) is 4.59. The summed E-state index contributed by atoms with van der Waals surface area (Å²) in [5, 5.41) is 53.9. The summed E-state index contributed by atoms with van der Waals surface area (Å²) < 4.78 is 4.36. The van der Waals surface area contributed by atoms with Gasteiger partial charge in [0.25, 0.3) is 0 Å². The van der Waals surface area contributed by atoms with Crippen LogP contribution in [-0.2, 0) is 23.9 Å². The summed E-state index contributed by atoms with van der Waals surface area (Å²) in [6, 6.07) is 0. The van der Waals surface area contributed by atoms with Crippen LogP contribution >= 0.6 is 0 Å². The number of carbonyl (C=O) groups excluding carboxylic acids is 2. The predicted molar refractivity (Wildman–Crippen MR) is 69.1 cm³/mol. The van der Waals surface area contributed by atoms with Gasteiger partial charge in [-0.1, -0.05) is 0 Å². The monoisotopic (exact) mass is 338 g/mol. The second-order valence-electron chi connectivity index (χ2n) is 4.59. The maximum atomic E-state index is 11.4. The fraction of sp³-hybridized carbons (Fsp3) is 0.667. The first kappa shape index (κ1) is 20.9. The van der Waals surface area contributed by atoms with Crippen LogP contribution in [0.15, 0.2) is 0 Å². The molecule has 0 aliphatic heterocycles. The molecule has 11 nitrogen and oxygen atoms in total. The molecule has 6 N–H and O–H groups in total. The Labute approximate surface area is 129 Å². The van der Waals surface area contributed by atoms with Gasteiger partial charge in [-0.2, -0.15) is 0 Å². The van der Waals surface area contributed by atoms with E-state index < -0.39 is 74.0 Å². The third kappa shape index (κ3) is 7.65. The highest BCUT2D eigenvalue weighted by molar-refractivity contribution is 5.97. The Hall–Kier alpha value is -2.08. The lowest BCUT2D eigenvalue weighted by atomic mass is 10.0. The highest BCUT2D eigenvalue weighted by atomic mass is 16.6. The first-order valence-electron chi connectivity index (χ1n) is 6.41. The van der Waals surface area contributed by atoms with Crippen LogP contribution in [0.25, 0.3) is 0 Å². The first-order chi connectivity index (χ1) is 10.6. The number of carboxylic acid groups (broad SMARTS) is 2. The van der Waals surface area contributed by atoms with Gasteiger partial charge in [0.15, 0.2) is 0 Å². The van der Waals surface area contributed by atoms with E-state index in [1.54, 1.807) is 0 Å². The van der Waals surface area contributed by atoms with Crippen LogP contribution in [-0.4, -0.2) is 85.4 Å². The average molecular weight is 338 g/mol. The van der Waals surface area contributed by atoms with Gasteiger partial charge in [0, 0.05) is 6.42 Å². The van der Waals surface area contributed by atoms with Crippen molar-refractivity contribution in [3.05, 3.63) is 0 Å². The van der Waals surface area contributed by atoms with E-state index in [4.69, 9.17) is 20.4 Å². The van der Waals surface area contributed by atoms with Crippen LogP contribution in [0.4, 0.5) is 0 Å². The molecule has 0 aromatic carbocycles. The van der Waals surface area contributed by atoms with Crippen molar-refractivity contribution in [1.29, 1.82) is 0 Å². The number of carboxylic acids is 2. The molecular weight excluding hydrogens is 320 g/mol. The van der Waals surface area contributed by atoms with E-state index in [1.807, 2.05) is 0 Å². The number of ketones is 1. The molecule has 0 aliphatic rings. The fourth-order valence-electron chi connectivity index (χ4n) is 1.46. The molecule has 0 unspecified atom stereocenters. The van der Waals surface area contributed by atoms with Gasteiger partial charge in [-0.25, -0.2) is 4.79 Å². The van der Waals surface area contributed by atoms with Crippen molar-refractivity contribution in [3.63, 3.8) is 0 Å². The lowest BCUT2D eigenvalue weighted by Gasteiger charge is -2.26. The largest absolute Gasteiger partial charge is 0.481 e. The molecule has 4 atom stereocenters. The van der Waals surface area contributed by atoms with Crippen LogP contribution in [0.3, 0.4) is 0 Å². The minimum atomic E-state index is -2.29. The molecular formula is C12H18O11. The zero-order valence-corrected chi connectivity index (χ0v) is 11.9. The summed E-state index contributed by atoms with van der Waals surface area (Å²) in [7, 11) is 0. The number of aliphatic hydroxyl groups is 4. The van der Waals surface area contributed by atoms with E-state index >= 15 is 0 Å². The van der Waals surface area contributed by atoms with Crippen molar-refractivity contribution < 1.29 is 54.6 Å². The molecule has 0 saturated carbocycles. The second kappa shape index (κ2) is 9.84. The molecule has 0 aromatic heterocycles. The van der Waals surface area contributed by atoms with E-state index in [0.717, 1.165) is 0 Å². The molecule has 0 aliphatic carbocycles. The average Bonchev–Trinajstić information content (AvgIpc) is 2.47. The SMILES string of the molecule is O=C(O)CCC(=O)CC(=O)O[C@@H](C(=O)O)[C@@H](O)[C@H](O)[C@H](O)CO. The summed E-state index contributed by atoms with van der Waals surface area (Å²) in [6.07, 6.45) is -10.4. The summed E-state index contributed by atoms with van der Waals surface area (Å²) >= 11 is 0. The smallest absolute Gasteiger partial charge is 0.347 e. The summed E-state index contributed by atoms with van der Waals surface area (Å²) in [4.78, 5) is 43.9.